The number of fused-ring (bicyclic) bond motifs is 1. The molecule has 4 atom stereocenters. The van der Waals surface area contributed by atoms with E-state index in [1.165, 1.54) is 29.5 Å². The van der Waals surface area contributed by atoms with E-state index in [-0.39, 0.29) is 36.3 Å². The molecule has 238 valence electrons. The molecule has 45 heavy (non-hydrogen) atoms. The van der Waals surface area contributed by atoms with Gasteiger partial charge in [-0.3, -0.25) is 4.98 Å². The van der Waals surface area contributed by atoms with Crippen LogP contribution in [-0.2, 0) is 16.4 Å². The zero-order valence-corrected chi connectivity index (χ0v) is 26.5. The molecule has 4 aromatic rings. The molecule has 0 bridgehead atoms. The number of thiazole rings is 1. The highest BCUT2D eigenvalue weighted by Gasteiger charge is 2.43. The largest absolute Gasteiger partial charge is 0.390 e. The van der Waals surface area contributed by atoms with Gasteiger partial charge in [-0.15, -0.1) is 11.3 Å². The van der Waals surface area contributed by atoms with Crippen LogP contribution in [0.4, 0.5) is 20.5 Å². The lowest BCUT2D eigenvalue weighted by molar-refractivity contribution is 0.0216. The van der Waals surface area contributed by atoms with Crippen LogP contribution in [0.25, 0.3) is 20.8 Å². The minimum atomic E-state index is -3.40. The first-order valence-corrected chi connectivity index (χ1v) is 18.0. The van der Waals surface area contributed by atoms with Gasteiger partial charge in [0, 0.05) is 35.9 Å². The number of aromatic nitrogens is 4. The number of sulfone groups is 1. The Morgan fingerprint density at radius 3 is 2.44 bits per heavy atom. The summed E-state index contributed by atoms with van der Waals surface area (Å²) in [6, 6.07) is 4.98. The summed E-state index contributed by atoms with van der Waals surface area (Å²) < 4.78 is 54.5. The van der Waals surface area contributed by atoms with Crippen LogP contribution in [0.3, 0.4) is 0 Å². The quantitative estimate of drug-likeness (QED) is 0.226. The Labute approximate surface area is 263 Å². The number of anilines is 2. The van der Waals surface area contributed by atoms with E-state index in [1.807, 2.05) is 13.0 Å². The molecule has 3 aromatic heterocycles. The van der Waals surface area contributed by atoms with Gasteiger partial charge in [0.15, 0.2) is 0 Å². The van der Waals surface area contributed by atoms with Gasteiger partial charge in [-0.2, -0.15) is 4.98 Å². The number of aliphatic hydroxyl groups is 2. The van der Waals surface area contributed by atoms with Crippen molar-refractivity contribution in [1.29, 1.82) is 0 Å². The number of nitrogens with zero attached hydrogens (tertiary/aromatic N) is 5. The van der Waals surface area contributed by atoms with E-state index in [9.17, 15) is 27.4 Å². The van der Waals surface area contributed by atoms with Crippen molar-refractivity contribution >= 4 is 43.2 Å². The Morgan fingerprint density at radius 2 is 1.78 bits per heavy atom. The molecule has 0 spiro atoms. The number of aliphatic hydroxyl groups excluding tert-OH is 2. The molecule has 3 aliphatic rings. The van der Waals surface area contributed by atoms with Crippen molar-refractivity contribution in [2.24, 2.45) is 5.92 Å². The molecule has 14 heteroatoms. The highest BCUT2D eigenvalue weighted by atomic mass is 32.2. The van der Waals surface area contributed by atoms with E-state index in [0.29, 0.717) is 28.0 Å². The van der Waals surface area contributed by atoms with Crippen molar-refractivity contribution in [3.8, 4) is 10.6 Å². The molecule has 3 saturated carbocycles. The molecule has 7 rings (SSSR count). The van der Waals surface area contributed by atoms with E-state index in [1.54, 1.807) is 11.1 Å². The third kappa shape index (κ3) is 6.12. The van der Waals surface area contributed by atoms with Gasteiger partial charge in [0.2, 0.25) is 5.95 Å². The Balaban J connectivity index is 1.31. The lowest BCUT2D eigenvalue weighted by Crippen LogP contribution is -2.36. The van der Waals surface area contributed by atoms with Gasteiger partial charge < -0.3 is 20.4 Å². The van der Waals surface area contributed by atoms with Crippen molar-refractivity contribution in [3.63, 3.8) is 0 Å². The maximum atomic E-state index is 14.7. The van der Waals surface area contributed by atoms with Crippen LogP contribution in [0.1, 0.15) is 55.0 Å². The smallest absolute Gasteiger partial charge is 0.228 e. The number of rotatable bonds is 10. The number of hydrogen-bond donors (Lipinski definition) is 3. The molecule has 3 heterocycles. The van der Waals surface area contributed by atoms with E-state index < -0.39 is 45.6 Å². The molecule has 0 radical (unpaired) electrons. The number of nitrogens with one attached hydrogen (secondary N) is 1. The number of benzene rings is 1. The summed E-state index contributed by atoms with van der Waals surface area (Å²) >= 11 is 1.47. The van der Waals surface area contributed by atoms with Crippen LogP contribution >= 0.6 is 11.3 Å². The van der Waals surface area contributed by atoms with E-state index in [2.05, 4.69) is 10.3 Å². The number of pyridine rings is 1. The van der Waals surface area contributed by atoms with Crippen LogP contribution < -0.4 is 10.2 Å². The first-order chi connectivity index (χ1) is 21.5. The second-order valence-electron chi connectivity index (χ2n) is 12.5. The molecular weight excluding hydrogens is 623 g/mol. The maximum Gasteiger partial charge on any atom is 0.228 e. The maximum absolute atomic E-state index is 14.7. The van der Waals surface area contributed by atoms with Crippen LogP contribution in [0.15, 0.2) is 30.5 Å². The van der Waals surface area contributed by atoms with Crippen molar-refractivity contribution in [2.75, 3.05) is 22.2 Å². The minimum Gasteiger partial charge on any atom is -0.390 e. The van der Waals surface area contributed by atoms with Crippen molar-refractivity contribution in [1.82, 2.24) is 19.9 Å². The topological polar surface area (TPSA) is 141 Å². The summed E-state index contributed by atoms with van der Waals surface area (Å²) in [6.07, 6.45) is 4.36. The Hall–Kier alpha value is -3.33. The lowest BCUT2D eigenvalue weighted by atomic mass is 10.1. The molecule has 3 fully saturated rings. The first-order valence-electron chi connectivity index (χ1n) is 15.1. The average Bonchev–Trinajstić information content (AvgIpc) is 3.91. The van der Waals surface area contributed by atoms with Crippen molar-refractivity contribution in [2.45, 2.75) is 75.8 Å². The third-order valence-corrected chi connectivity index (χ3v) is 10.9. The van der Waals surface area contributed by atoms with Crippen LogP contribution in [0.2, 0.25) is 0 Å². The molecule has 3 aliphatic carbocycles. The second kappa shape index (κ2) is 11.5. The Morgan fingerprint density at radius 1 is 1.04 bits per heavy atom. The SMILES string of the molecule is Cc1nc(N(Cc2c(F)cccc2F)C2CC2)nc(N[C@@H]2C[C@H](CS(C)(=O)=O)[C@@H](O)[C@H]2O)c1-c1nc2c(C3CC3)nccc2s1. The average molecular weight is 657 g/mol. The van der Waals surface area contributed by atoms with E-state index >= 15 is 0 Å². The molecule has 0 amide bonds. The van der Waals surface area contributed by atoms with Crippen molar-refractivity contribution in [3.05, 3.63) is 59.0 Å². The molecule has 0 saturated heterocycles. The summed E-state index contributed by atoms with van der Waals surface area (Å²) in [6.45, 7) is 1.75. The Kier molecular flexibility index (Phi) is 7.74. The molecular formula is C31H34F2N6O4S2. The van der Waals surface area contributed by atoms with E-state index in [4.69, 9.17) is 15.0 Å². The molecule has 0 aliphatic heterocycles. The number of halogens is 2. The monoisotopic (exact) mass is 656 g/mol. The fraction of sp³-hybridized carbons (Fsp3) is 0.484. The van der Waals surface area contributed by atoms with Gasteiger partial charge in [-0.1, -0.05) is 6.07 Å². The summed E-state index contributed by atoms with van der Waals surface area (Å²) in [5.41, 5.74) is 2.89. The fourth-order valence-corrected chi connectivity index (χ4v) is 8.46. The standard InChI is InChI=1S/C31H34F2N6O4S2/c1-15-24(30-37-26-23(44-30)10-11-34-25(26)16-6-7-16)29(36-22-12-17(14-45(2,42)43)27(40)28(22)41)38-31(35-15)39(18-8-9-18)13-19-20(32)4-3-5-21(19)33/h3-5,10-11,16-18,22,27-28,40-41H,6-9,12-14H2,1-2H3,(H,35,36,38)/t17-,22-,27-,28+/m1/s1. The predicted molar refractivity (Wildman–Crippen MR) is 168 cm³/mol. The van der Waals surface area contributed by atoms with Crippen LogP contribution in [0.5, 0.6) is 0 Å². The molecule has 10 nitrogen and oxygen atoms in total. The fourth-order valence-electron chi connectivity index (χ4n) is 6.28. The number of aryl methyl sites for hydroxylation is 1. The summed E-state index contributed by atoms with van der Waals surface area (Å²) in [5.74, 6) is -1.24. The number of hydrogen-bond acceptors (Lipinski definition) is 11. The molecule has 0 unspecified atom stereocenters. The zero-order chi connectivity index (χ0) is 31.6. The lowest BCUT2D eigenvalue weighted by Gasteiger charge is -2.26. The summed E-state index contributed by atoms with van der Waals surface area (Å²) in [7, 11) is -3.40. The van der Waals surface area contributed by atoms with Crippen molar-refractivity contribution < 1.29 is 27.4 Å². The minimum absolute atomic E-state index is 0.00485. The third-order valence-electron chi connectivity index (χ3n) is 8.87. The van der Waals surface area contributed by atoms with Gasteiger partial charge in [-0.25, -0.2) is 27.2 Å². The van der Waals surface area contributed by atoms with E-state index in [0.717, 1.165) is 47.8 Å². The predicted octanol–water partition coefficient (Wildman–Crippen LogP) is 4.35. The van der Waals surface area contributed by atoms with Gasteiger partial charge in [0.05, 0.1) is 46.1 Å². The van der Waals surface area contributed by atoms with Crippen LogP contribution in [-0.4, -0.2) is 74.9 Å². The highest BCUT2D eigenvalue weighted by molar-refractivity contribution is 7.90. The van der Waals surface area contributed by atoms with Gasteiger partial charge in [-0.05, 0) is 57.2 Å². The van der Waals surface area contributed by atoms with Gasteiger partial charge in [0.1, 0.15) is 43.9 Å². The van der Waals surface area contributed by atoms with Crippen LogP contribution in [0, 0.1) is 24.5 Å². The highest BCUT2D eigenvalue weighted by Crippen LogP contribution is 2.45. The zero-order valence-electron chi connectivity index (χ0n) is 24.8. The first kappa shape index (κ1) is 30.3. The normalized spacial score (nSPS) is 23.5. The molecule has 3 N–H and O–H groups in total. The van der Waals surface area contributed by atoms with Gasteiger partial charge >= 0.3 is 0 Å². The second-order valence-corrected chi connectivity index (χ2v) is 15.8. The summed E-state index contributed by atoms with van der Waals surface area (Å²) in [5, 5.41) is 25.7. The summed E-state index contributed by atoms with van der Waals surface area (Å²) in [4.78, 5) is 21.1. The molecule has 1 aromatic carbocycles. The van der Waals surface area contributed by atoms with Gasteiger partial charge in [0.25, 0.3) is 0 Å². The Bertz CT molecular complexity index is 1860.